The molecular weight excluding hydrogens is 388 g/mol. The van der Waals surface area contributed by atoms with Crippen LogP contribution in [0.5, 0.6) is 0 Å². The predicted octanol–water partition coefficient (Wildman–Crippen LogP) is 4.48. The third-order valence-corrected chi connectivity index (χ3v) is 6.38. The zero-order valence-corrected chi connectivity index (χ0v) is 17.2. The lowest BCUT2D eigenvalue weighted by atomic mass is 9.92. The summed E-state index contributed by atoms with van der Waals surface area (Å²) >= 11 is 0. The SMILES string of the molecule is CCCCCCC(C)Cc1cc(S(=O)(=O)O)cc2ccc(S(=O)(=O)O)cc12. The van der Waals surface area contributed by atoms with Crippen LogP contribution in [-0.4, -0.2) is 25.9 Å². The molecule has 6 nitrogen and oxygen atoms in total. The lowest BCUT2D eigenvalue weighted by Gasteiger charge is -2.15. The summed E-state index contributed by atoms with van der Waals surface area (Å²) in [5, 5.41) is 1.05. The molecule has 0 fully saturated rings. The molecule has 0 amide bonds. The van der Waals surface area contributed by atoms with E-state index in [-0.39, 0.29) is 15.7 Å². The summed E-state index contributed by atoms with van der Waals surface area (Å²) in [7, 11) is -8.75. The van der Waals surface area contributed by atoms with Crippen molar-refractivity contribution in [1.82, 2.24) is 0 Å². The third-order valence-electron chi connectivity index (χ3n) is 4.70. The van der Waals surface area contributed by atoms with Gasteiger partial charge in [-0.2, -0.15) is 16.8 Å². The van der Waals surface area contributed by atoms with Gasteiger partial charge in [-0.25, -0.2) is 0 Å². The summed E-state index contributed by atoms with van der Waals surface area (Å²) in [5.41, 5.74) is 0.633. The Kier molecular flexibility index (Phi) is 7.02. The van der Waals surface area contributed by atoms with Gasteiger partial charge in [0.1, 0.15) is 0 Å². The van der Waals surface area contributed by atoms with E-state index in [2.05, 4.69) is 13.8 Å². The second kappa shape index (κ2) is 8.68. The normalized spacial score (nSPS) is 13.8. The number of hydrogen-bond donors (Lipinski definition) is 2. The van der Waals surface area contributed by atoms with Crippen LogP contribution in [0.25, 0.3) is 10.8 Å². The van der Waals surface area contributed by atoms with E-state index in [1.165, 1.54) is 36.8 Å². The molecule has 0 aliphatic heterocycles. The molecule has 0 aliphatic rings. The highest BCUT2D eigenvalue weighted by atomic mass is 32.2. The minimum atomic E-state index is -4.38. The Morgan fingerprint density at radius 2 is 1.56 bits per heavy atom. The van der Waals surface area contributed by atoms with Crippen molar-refractivity contribution in [2.24, 2.45) is 5.92 Å². The van der Waals surface area contributed by atoms with Gasteiger partial charge in [-0.3, -0.25) is 9.11 Å². The Balaban J connectivity index is 2.46. The van der Waals surface area contributed by atoms with E-state index in [1.54, 1.807) is 0 Å². The van der Waals surface area contributed by atoms with Crippen LogP contribution in [0.3, 0.4) is 0 Å². The van der Waals surface area contributed by atoms with Crippen LogP contribution >= 0.6 is 0 Å². The summed E-state index contributed by atoms with van der Waals surface area (Å²) in [6, 6.07) is 6.67. The lowest BCUT2D eigenvalue weighted by molar-refractivity contribution is 0.479. The number of unbranched alkanes of at least 4 members (excludes halogenated alkanes) is 3. The van der Waals surface area contributed by atoms with E-state index in [9.17, 15) is 25.9 Å². The van der Waals surface area contributed by atoms with Gasteiger partial charge >= 0.3 is 0 Å². The molecule has 0 bridgehead atoms. The lowest BCUT2D eigenvalue weighted by Crippen LogP contribution is -2.05. The molecule has 1 atom stereocenters. The maximum Gasteiger partial charge on any atom is 0.294 e. The first-order valence-electron chi connectivity index (χ1n) is 9.04. The molecule has 0 radical (unpaired) electrons. The topological polar surface area (TPSA) is 109 Å². The molecule has 0 saturated heterocycles. The van der Waals surface area contributed by atoms with Crippen molar-refractivity contribution < 1.29 is 25.9 Å². The maximum atomic E-state index is 11.6. The Labute approximate surface area is 161 Å². The van der Waals surface area contributed by atoms with Gasteiger partial charge in [0.2, 0.25) is 0 Å². The van der Waals surface area contributed by atoms with Crippen LogP contribution in [0.15, 0.2) is 40.1 Å². The van der Waals surface area contributed by atoms with Gasteiger partial charge in [-0.15, -0.1) is 0 Å². The molecule has 0 saturated carbocycles. The van der Waals surface area contributed by atoms with E-state index < -0.39 is 20.2 Å². The van der Waals surface area contributed by atoms with Gasteiger partial charge in [0, 0.05) is 0 Å². The predicted molar refractivity (Wildman–Crippen MR) is 105 cm³/mol. The Hall–Kier alpha value is -1.48. The average molecular weight is 415 g/mol. The zero-order chi connectivity index (χ0) is 20.2. The largest absolute Gasteiger partial charge is 0.294 e. The number of rotatable bonds is 9. The highest BCUT2D eigenvalue weighted by Gasteiger charge is 2.17. The van der Waals surface area contributed by atoms with Gasteiger partial charge in [0.05, 0.1) is 9.79 Å². The van der Waals surface area contributed by atoms with Crippen LogP contribution in [0.4, 0.5) is 0 Å². The average Bonchev–Trinajstić information content (AvgIpc) is 2.56. The molecule has 2 aromatic carbocycles. The summed E-state index contributed by atoms with van der Waals surface area (Å²) in [6.07, 6.45) is 6.04. The van der Waals surface area contributed by atoms with Crippen molar-refractivity contribution in [1.29, 1.82) is 0 Å². The molecular formula is C19H26O6S2. The number of benzene rings is 2. The molecule has 0 aliphatic carbocycles. The summed E-state index contributed by atoms with van der Waals surface area (Å²) < 4.78 is 64.9. The minimum Gasteiger partial charge on any atom is -0.282 e. The second-order valence-electron chi connectivity index (χ2n) is 7.07. The number of hydrogen-bond acceptors (Lipinski definition) is 4. The molecule has 27 heavy (non-hydrogen) atoms. The van der Waals surface area contributed by atoms with Crippen LogP contribution in [-0.2, 0) is 26.7 Å². The van der Waals surface area contributed by atoms with Crippen molar-refractivity contribution >= 4 is 31.0 Å². The van der Waals surface area contributed by atoms with Crippen molar-refractivity contribution in [3.8, 4) is 0 Å². The number of fused-ring (bicyclic) bond motifs is 1. The molecule has 2 aromatic rings. The fraction of sp³-hybridized carbons (Fsp3) is 0.474. The van der Waals surface area contributed by atoms with Gasteiger partial charge < -0.3 is 0 Å². The first-order chi connectivity index (χ1) is 12.5. The molecule has 1 unspecified atom stereocenters. The van der Waals surface area contributed by atoms with Crippen molar-refractivity contribution in [2.75, 3.05) is 0 Å². The minimum absolute atomic E-state index is 0.220. The quantitative estimate of drug-likeness (QED) is 0.462. The van der Waals surface area contributed by atoms with E-state index in [4.69, 9.17) is 0 Å². The Morgan fingerprint density at radius 3 is 2.15 bits per heavy atom. The van der Waals surface area contributed by atoms with E-state index in [0.29, 0.717) is 22.8 Å². The van der Waals surface area contributed by atoms with Gasteiger partial charge in [0.25, 0.3) is 20.2 Å². The van der Waals surface area contributed by atoms with Gasteiger partial charge in [-0.1, -0.05) is 52.0 Å². The Morgan fingerprint density at radius 1 is 0.889 bits per heavy atom. The van der Waals surface area contributed by atoms with Crippen molar-refractivity contribution in [2.45, 2.75) is 62.2 Å². The highest BCUT2D eigenvalue weighted by Crippen LogP contribution is 2.29. The van der Waals surface area contributed by atoms with E-state index in [1.807, 2.05) is 0 Å². The second-order valence-corrected chi connectivity index (χ2v) is 9.92. The first kappa shape index (κ1) is 21.8. The standard InChI is InChI=1S/C19H26O6S2/c1-3-4-5-6-7-14(2)10-16-12-18(27(23,24)25)11-15-8-9-17(13-19(15)16)26(20,21)22/h8-9,11-14H,3-7,10H2,1-2H3,(H,20,21,22)(H,23,24,25). The summed E-state index contributed by atoms with van der Waals surface area (Å²) in [4.78, 5) is -0.464. The Bertz CT molecular complexity index is 1010. The smallest absolute Gasteiger partial charge is 0.282 e. The zero-order valence-electron chi connectivity index (χ0n) is 15.6. The van der Waals surface area contributed by atoms with E-state index in [0.717, 1.165) is 25.7 Å². The van der Waals surface area contributed by atoms with Crippen LogP contribution in [0.1, 0.15) is 51.5 Å². The van der Waals surface area contributed by atoms with Crippen LogP contribution < -0.4 is 0 Å². The first-order valence-corrected chi connectivity index (χ1v) is 11.9. The molecule has 0 aromatic heterocycles. The fourth-order valence-electron chi connectivity index (χ4n) is 3.26. The molecule has 2 rings (SSSR count). The third kappa shape index (κ3) is 6.00. The van der Waals surface area contributed by atoms with Crippen LogP contribution in [0.2, 0.25) is 0 Å². The monoisotopic (exact) mass is 414 g/mol. The molecule has 2 N–H and O–H groups in total. The van der Waals surface area contributed by atoms with Crippen LogP contribution in [0, 0.1) is 5.92 Å². The molecule has 150 valence electrons. The van der Waals surface area contributed by atoms with Crippen molar-refractivity contribution in [3.05, 3.63) is 35.9 Å². The highest BCUT2D eigenvalue weighted by molar-refractivity contribution is 7.86. The molecule has 0 heterocycles. The summed E-state index contributed by atoms with van der Waals surface area (Å²) in [6.45, 7) is 4.20. The molecule has 0 spiro atoms. The van der Waals surface area contributed by atoms with Crippen molar-refractivity contribution in [3.63, 3.8) is 0 Å². The van der Waals surface area contributed by atoms with Gasteiger partial charge in [0.15, 0.2) is 0 Å². The maximum absolute atomic E-state index is 11.6. The summed E-state index contributed by atoms with van der Waals surface area (Å²) in [5.74, 6) is 0.260. The van der Waals surface area contributed by atoms with Gasteiger partial charge in [-0.05, 0) is 52.9 Å². The molecule has 8 heteroatoms. The van der Waals surface area contributed by atoms with E-state index >= 15 is 0 Å². The fourth-order valence-corrected chi connectivity index (χ4v) is 4.33.